The molecule has 0 unspecified atom stereocenters. The van der Waals surface area contributed by atoms with Crippen molar-refractivity contribution in [3.8, 4) is 11.5 Å². The number of phenols is 1. The van der Waals surface area contributed by atoms with Crippen molar-refractivity contribution >= 4 is 0 Å². The summed E-state index contributed by atoms with van der Waals surface area (Å²) in [7, 11) is 0. The van der Waals surface area contributed by atoms with Crippen LogP contribution in [0.3, 0.4) is 0 Å². The first-order chi connectivity index (χ1) is 8.96. The molecule has 3 rings (SSSR count). The molecule has 2 aliphatic rings. The summed E-state index contributed by atoms with van der Waals surface area (Å²) in [6.45, 7) is 4.20. The maximum atomic E-state index is 13.7. The van der Waals surface area contributed by atoms with Gasteiger partial charge in [0.25, 0.3) is 0 Å². The van der Waals surface area contributed by atoms with E-state index in [1.807, 2.05) is 13.8 Å². The van der Waals surface area contributed by atoms with Gasteiger partial charge in [-0.25, -0.2) is 4.39 Å². The lowest BCUT2D eigenvalue weighted by atomic mass is 9.98. The number of halogens is 1. The summed E-state index contributed by atoms with van der Waals surface area (Å²) in [5.41, 5.74) is 0.439. The monoisotopic (exact) mass is 268 g/mol. The third-order valence-corrected chi connectivity index (χ3v) is 3.58. The van der Waals surface area contributed by atoms with E-state index in [1.54, 1.807) is 6.07 Å². The number of benzene rings is 1. The second-order valence-electron chi connectivity index (χ2n) is 5.44. The first-order valence-corrected chi connectivity index (χ1v) is 6.45. The van der Waals surface area contributed by atoms with Crippen LogP contribution < -0.4 is 4.74 Å². The highest BCUT2D eigenvalue weighted by Gasteiger charge is 2.40. The average Bonchev–Trinajstić information content (AvgIpc) is 2.74. The Balaban J connectivity index is 1.78. The van der Waals surface area contributed by atoms with Gasteiger partial charge in [-0.3, -0.25) is 0 Å². The SMILES string of the molecule is CC1(C)OC[C@@H]([C@H]2CCc3c(ccc(O)c3F)O2)O1. The average molecular weight is 268 g/mol. The van der Waals surface area contributed by atoms with Gasteiger partial charge in [-0.1, -0.05) is 0 Å². The van der Waals surface area contributed by atoms with Crippen LogP contribution in [0.5, 0.6) is 11.5 Å². The molecule has 0 radical (unpaired) electrons. The fraction of sp³-hybridized carbons (Fsp3) is 0.571. The van der Waals surface area contributed by atoms with E-state index in [0.29, 0.717) is 30.8 Å². The van der Waals surface area contributed by atoms with Crippen LogP contribution in [0.25, 0.3) is 0 Å². The van der Waals surface area contributed by atoms with Crippen LogP contribution >= 0.6 is 0 Å². The highest BCUT2D eigenvalue weighted by atomic mass is 19.1. The Morgan fingerprint density at radius 3 is 2.79 bits per heavy atom. The number of aromatic hydroxyl groups is 1. The first-order valence-electron chi connectivity index (χ1n) is 6.45. The van der Waals surface area contributed by atoms with E-state index in [2.05, 4.69) is 0 Å². The van der Waals surface area contributed by atoms with Gasteiger partial charge in [0.05, 0.1) is 6.61 Å². The molecule has 2 atom stereocenters. The highest BCUT2D eigenvalue weighted by Crippen LogP contribution is 2.36. The molecule has 0 aliphatic carbocycles. The largest absolute Gasteiger partial charge is 0.505 e. The Bertz CT molecular complexity index is 500. The van der Waals surface area contributed by atoms with Crippen LogP contribution in [0.15, 0.2) is 12.1 Å². The molecule has 2 heterocycles. The molecular formula is C14H17FO4. The molecular weight excluding hydrogens is 251 g/mol. The van der Waals surface area contributed by atoms with E-state index in [9.17, 15) is 9.50 Å². The molecule has 0 bridgehead atoms. The summed E-state index contributed by atoms with van der Waals surface area (Å²) < 4.78 is 30.8. The molecule has 19 heavy (non-hydrogen) atoms. The number of phenolic OH excluding ortho intramolecular Hbond substituents is 1. The minimum Gasteiger partial charge on any atom is -0.505 e. The summed E-state index contributed by atoms with van der Waals surface area (Å²) in [4.78, 5) is 0. The smallest absolute Gasteiger partial charge is 0.171 e. The van der Waals surface area contributed by atoms with E-state index >= 15 is 0 Å². The molecule has 1 saturated heterocycles. The Kier molecular flexibility index (Phi) is 2.91. The van der Waals surface area contributed by atoms with Gasteiger partial charge in [0.2, 0.25) is 0 Å². The van der Waals surface area contributed by atoms with Gasteiger partial charge in [0.1, 0.15) is 18.0 Å². The number of hydrogen-bond acceptors (Lipinski definition) is 4. The molecule has 0 amide bonds. The normalized spacial score (nSPS) is 28.8. The molecule has 0 saturated carbocycles. The molecule has 1 aromatic carbocycles. The molecule has 1 N–H and O–H groups in total. The van der Waals surface area contributed by atoms with Crippen LogP contribution in [-0.4, -0.2) is 29.7 Å². The fourth-order valence-corrected chi connectivity index (χ4v) is 2.60. The van der Waals surface area contributed by atoms with Crippen LogP contribution in [0.4, 0.5) is 4.39 Å². The molecule has 5 heteroatoms. The lowest BCUT2D eigenvalue weighted by Gasteiger charge is -2.30. The molecule has 1 fully saturated rings. The first kappa shape index (κ1) is 12.7. The highest BCUT2D eigenvalue weighted by molar-refractivity contribution is 5.42. The van der Waals surface area contributed by atoms with Gasteiger partial charge in [0.15, 0.2) is 17.4 Å². The predicted octanol–water partition coefficient (Wildman–Crippen LogP) is 2.38. The zero-order valence-electron chi connectivity index (χ0n) is 11.0. The molecule has 2 aliphatic heterocycles. The number of rotatable bonds is 1. The van der Waals surface area contributed by atoms with Crippen molar-refractivity contribution in [2.45, 2.75) is 44.7 Å². The summed E-state index contributed by atoms with van der Waals surface area (Å²) in [6, 6.07) is 2.91. The summed E-state index contributed by atoms with van der Waals surface area (Å²) in [5, 5.41) is 9.35. The van der Waals surface area contributed by atoms with Gasteiger partial charge in [-0.15, -0.1) is 0 Å². The van der Waals surface area contributed by atoms with E-state index < -0.39 is 11.6 Å². The minimum atomic E-state index is -0.589. The predicted molar refractivity (Wildman–Crippen MR) is 65.7 cm³/mol. The Hall–Kier alpha value is -1.33. The molecule has 0 aromatic heterocycles. The van der Waals surface area contributed by atoms with Crippen LogP contribution in [0.1, 0.15) is 25.8 Å². The lowest BCUT2D eigenvalue weighted by molar-refractivity contribution is -0.149. The zero-order chi connectivity index (χ0) is 13.6. The molecule has 0 spiro atoms. The van der Waals surface area contributed by atoms with Gasteiger partial charge < -0.3 is 19.3 Å². The van der Waals surface area contributed by atoms with Crippen LogP contribution in [0, 0.1) is 5.82 Å². The van der Waals surface area contributed by atoms with Crippen molar-refractivity contribution in [1.29, 1.82) is 0 Å². The lowest BCUT2D eigenvalue weighted by Crippen LogP contribution is -2.37. The minimum absolute atomic E-state index is 0.139. The van der Waals surface area contributed by atoms with Gasteiger partial charge >= 0.3 is 0 Å². The van der Waals surface area contributed by atoms with Crippen LogP contribution in [-0.2, 0) is 15.9 Å². The third-order valence-electron chi connectivity index (χ3n) is 3.58. The quantitative estimate of drug-likeness (QED) is 0.849. The van der Waals surface area contributed by atoms with E-state index in [1.165, 1.54) is 6.07 Å². The van der Waals surface area contributed by atoms with E-state index in [-0.39, 0.29) is 18.0 Å². The summed E-state index contributed by atoms with van der Waals surface area (Å²) in [6.07, 6.45) is 0.899. The van der Waals surface area contributed by atoms with Gasteiger partial charge in [0, 0.05) is 5.56 Å². The third kappa shape index (κ3) is 2.28. The topological polar surface area (TPSA) is 47.9 Å². The van der Waals surface area contributed by atoms with Gasteiger partial charge in [-0.05, 0) is 38.8 Å². The molecule has 4 nitrogen and oxygen atoms in total. The number of hydrogen-bond donors (Lipinski definition) is 1. The van der Waals surface area contributed by atoms with E-state index in [4.69, 9.17) is 14.2 Å². The van der Waals surface area contributed by atoms with Crippen molar-refractivity contribution in [3.63, 3.8) is 0 Å². The van der Waals surface area contributed by atoms with Crippen molar-refractivity contribution < 1.29 is 23.7 Å². The Morgan fingerprint density at radius 2 is 2.11 bits per heavy atom. The Morgan fingerprint density at radius 1 is 1.32 bits per heavy atom. The number of ether oxygens (including phenoxy) is 3. The van der Waals surface area contributed by atoms with Gasteiger partial charge in [-0.2, -0.15) is 0 Å². The zero-order valence-corrected chi connectivity index (χ0v) is 11.0. The van der Waals surface area contributed by atoms with E-state index in [0.717, 1.165) is 0 Å². The maximum absolute atomic E-state index is 13.7. The maximum Gasteiger partial charge on any atom is 0.171 e. The second kappa shape index (κ2) is 4.35. The van der Waals surface area contributed by atoms with Crippen molar-refractivity contribution in [2.24, 2.45) is 0 Å². The molecule has 1 aromatic rings. The fourth-order valence-electron chi connectivity index (χ4n) is 2.60. The Labute approximate surface area is 111 Å². The van der Waals surface area contributed by atoms with Crippen LogP contribution in [0.2, 0.25) is 0 Å². The number of fused-ring (bicyclic) bond motifs is 1. The van der Waals surface area contributed by atoms with Crippen molar-refractivity contribution in [3.05, 3.63) is 23.5 Å². The standard InChI is InChI=1S/C14H17FO4/c1-14(2)17-7-12(19-14)11-5-3-8-10(18-11)6-4-9(16)13(8)15/h4,6,11-12,16H,3,5,7H2,1-2H3/t11-,12+/m1/s1. The molecule has 104 valence electrons. The van der Waals surface area contributed by atoms with Crippen molar-refractivity contribution in [2.75, 3.05) is 6.61 Å². The summed E-state index contributed by atoms with van der Waals surface area (Å²) in [5.74, 6) is -1.02. The van der Waals surface area contributed by atoms with Crippen molar-refractivity contribution in [1.82, 2.24) is 0 Å². The second-order valence-corrected chi connectivity index (χ2v) is 5.44. The summed E-state index contributed by atoms with van der Waals surface area (Å²) >= 11 is 0.